The second-order valence-electron chi connectivity index (χ2n) is 4.34. The van der Waals surface area contributed by atoms with Gasteiger partial charge in [-0.2, -0.15) is 13.2 Å². The number of Topliss-reactive ketones (excluding diaryl/α,β-unsaturated/α-hetero) is 1. The molecule has 2 aromatic rings. The van der Waals surface area contributed by atoms with Gasteiger partial charge in [0.1, 0.15) is 5.78 Å². The molecule has 2 rings (SSSR count). The van der Waals surface area contributed by atoms with Crippen LogP contribution in [0.1, 0.15) is 18.2 Å². The number of aromatic nitrogens is 1. The molecule has 1 aromatic heterocycles. The van der Waals surface area contributed by atoms with E-state index < -0.39 is 11.7 Å². The van der Waals surface area contributed by atoms with Gasteiger partial charge in [0.2, 0.25) is 0 Å². The predicted molar refractivity (Wildman–Crippen MR) is 78.9 cm³/mol. The molecular weight excluding hydrogens is 369 g/mol. The Morgan fingerprint density at radius 1 is 1.43 bits per heavy atom. The molecule has 112 valence electrons. The van der Waals surface area contributed by atoms with Crippen molar-refractivity contribution < 1.29 is 18.0 Å². The first-order valence-corrected chi connectivity index (χ1v) is 7.50. The van der Waals surface area contributed by atoms with Crippen molar-refractivity contribution in [1.82, 2.24) is 4.98 Å². The average Bonchev–Trinajstić information content (AvgIpc) is 2.76. The first-order chi connectivity index (χ1) is 9.75. The number of carbonyl (C=O) groups excluding carboxylic acids is 1. The summed E-state index contributed by atoms with van der Waals surface area (Å²) in [4.78, 5) is 15.1. The lowest BCUT2D eigenvalue weighted by atomic mass is 10.2. The number of alkyl halides is 3. The average molecular weight is 379 g/mol. The molecule has 0 aliphatic carbocycles. The fourth-order valence-corrected chi connectivity index (χ4v) is 2.85. The number of carbonyl (C=O) groups is 1. The van der Waals surface area contributed by atoms with Gasteiger partial charge in [0.25, 0.3) is 0 Å². The van der Waals surface area contributed by atoms with Crippen LogP contribution < -0.4 is 5.32 Å². The molecule has 0 atom stereocenters. The van der Waals surface area contributed by atoms with Crippen molar-refractivity contribution in [3.8, 4) is 0 Å². The van der Waals surface area contributed by atoms with Gasteiger partial charge in [-0.25, -0.2) is 4.98 Å². The number of ketones is 1. The molecule has 3 nitrogen and oxygen atoms in total. The molecule has 0 bridgehead atoms. The van der Waals surface area contributed by atoms with Crippen LogP contribution in [0.5, 0.6) is 0 Å². The van der Waals surface area contributed by atoms with Crippen molar-refractivity contribution in [3.63, 3.8) is 0 Å². The first-order valence-electron chi connectivity index (χ1n) is 5.83. The van der Waals surface area contributed by atoms with Crippen molar-refractivity contribution >= 4 is 43.9 Å². The molecule has 0 aliphatic rings. The van der Waals surface area contributed by atoms with Gasteiger partial charge in [-0.1, -0.05) is 15.9 Å². The monoisotopic (exact) mass is 378 g/mol. The summed E-state index contributed by atoms with van der Waals surface area (Å²) in [7, 11) is 0. The van der Waals surface area contributed by atoms with Crippen LogP contribution in [0.25, 0.3) is 0 Å². The third kappa shape index (κ3) is 4.28. The van der Waals surface area contributed by atoms with Gasteiger partial charge in [0.05, 0.1) is 11.3 Å². The lowest BCUT2D eigenvalue weighted by Crippen LogP contribution is -2.06. The first kappa shape index (κ1) is 16.0. The van der Waals surface area contributed by atoms with E-state index in [2.05, 4.69) is 26.2 Å². The molecule has 1 heterocycles. The Balaban J connectivity index is 2.20. The van der Waals surface area contributed by atoms with Crippen LogP contribution in [0.3, 0.4) is 0 Å². The molecule has 0 unspecified atom stereocenters. The van der Waals surface area contributed by atoms with Crippen molar-refractivity contribution in [2.45, 2.75) is 19.5 Å². The van der Waals surface area contributed by atoms with Crippen LogP contribution in [0, 0.1) is 0 Å². The summed E-state index contributed by atoms with van der Waals surface area (Å²) in [6.07, 6.45) is -4.22. The van der Waals surface area contributed by atoms with Crippen LogP contribution in [0.15, 0.2) is 28.1 Å². The third-order valence-electron chi connectivity index (χ3n) is 2.50. The number of hydrogen-bond donors (Lipinski definition) is 1. The topological polar surface area (TPSA) is 42.0 Å². The Kier molecular flexibility index (Phi) is 4.67. The van der Waals surface area contributed by atoms with E-state index in [1.807, 2.05) is 0 Å². The number of nitrogens with one attached hydrogen (secondary N) is 1. The summed E-state index contributed by atoms with van der Waals surface area (Å²) in [5.74, 6) is -0.0187. The highest BCUT2D eigenvalue weighted by molar-refractivity contribution is 9.10. The van der Waals surface area contributed by atoms with Crippen molar-refractivity contribution in [2.75, 3.05) is 5.32 Å². The van der Waals surface area contributed by atoms with Crippen LogP contribution >= 0.6 is 27.3 Å². The normalized spacial score (nSPS) is 11.5. The van der Waals surface area contributed by atoms with Gasteiger partial charge in [-0.3, -0.25) is 4.79 Å². The molecule has 0 fully saturated rings. The Bertz CT molecular complexity index is 670. The predicted octanol–water partition coefficient (Wildman–Crippen LogP) is 4.80. The molecule has 0 radical (unpaired) electrons. The smallest absolute Gasteiger partial charge is 0.332 e. The highest BCUT2D eigenvalue weighted by atomic mass is 79.9. The number of anilines is 2. The SMILES string of the molecule is CC(=O)Cc1csc(Nc2ccc(Br)c(C(F)(F)F)c2)n1. The second-order valence-corrected chi connectivity index (χ2v) is 6.05. The fraction of sp³-hybridized carbons (Fsp3) is 0.231. The van der Waals surface area contributed by atoms with E-state index in [-0.39, 0.29) is 22.4 Å². The van der Waals surface area contributed by atoms with Gasteiger partial charge in [-0.15, -0.1) is 11.3 Å². The minimum absolute atomic E-state index is 0.0167. The molecule has 1 aromatic carbocycles. The van der Waals surface area contributed by atoms with Gasteiger partial charge in [0, 0.05) is 22.0 Å². The number of nitrogens with zero attached hydrogens (tertiary/aromatic N) is 1. The number of benzene rings is 1. The van der Waals surface area contributed by atoms with Crippen molar-refractivity contribution in [1.29, 1.82) is 0 Å². The Morgan fingerprint density at radius 2 is 2.14 bits per heavy atom. The van der Waals surface area contributed by atoms with Gasteiger partial charge in [-0.05, 0) is 25.1 Å². The number of thiazole rings is 1. The maximum Gasteiger partial charge on any atom is 0.417 e. The second kappa shape index (κ2) is 6.15. The van der Waals surface area contributed by atoms with Crippen LogP contribution in [-0.4, -0.2) is 10.8 Å². The quantitative estimate of drug-likeness (QED) is 0.830. The number of rotatable bonds is 4. The zero-order chi connectivity index (χ0) is 15.6. The molecule has 21 heavy (non-hydrogen) atoms. The maximum atomic E-state index is 12.8. The van der Waals surface area contributed by atoms with E-state index in [0.29, 0.717) is 10.8 Å². The van der Waals surface area contributed by atoms with Gasteiger partial charge >= 0.3 is 6.18 Å². The minimum Gasteiger partial charge on any atom is -0.332 e. The van der Waals surface area contributed by atoms with E-state index in [4.69, 9.17) is 0 Å². The highest BCUT2D eigenvalue weighted by Gasteiger charge is 2.33. The third-order valence-corrected chi connectivity index (χ3v) is 4.00. The Hall–Kier alpha value is -1.41. The molecule has 0 saturated carbocycles. The zero-order valence-corrected chi connectivity index (χ0v) is 13.2. The number of hydrogen-bond acceptors (Lipinski definition) is 4. The molecule has 0 aliphatic heterocycles. The summed E-state index contributed by atoms with van der Waals surface area (Å²) in [5.41, 5.74) is 0.130. The molecule has 1 N–H and O–H groups in total. The minimum atomic E-state index is -4.43. The molecule has 0 spiro atoms. The zero-order valence-electron chi connectivity index (χ0n) is 10.8. The maximum absolute atomic E-state index is 12.8. The van der Waals surface area contributed by atoms with E-state index in [0.717, 1.165) is 6.07 Å². The summed E-state index contributed by atoms with van der Waals surface area (Å²) < 4.78 is 38.4. The fourth-order valence-electron chi connectivity index (χ4n) is 1.64. The van der Waals surface area contributed by atoms with Gasteiger partial charge < -0.3 is 5.32 Å². The summed E-state index contributed by atoms with van der Waals surface area (Å²) in [6.45, 7) is 1.46. The van der Waals surface area contributed by atoms with Gasteiger partial charge in [0.15, 0.2) is 5.13 Å². The van der Waals surface area contributed by atoms with E-state index in [1.165, 1.54) is 30.4 Å². The summed E-state index contributed by atoms with van der Waals surface area (Å²) in [6, 6.07) is 3.86. The summed E-state index contributed by atoms with van der Waals surface area (Å²) >= 11 is 4.12. The molecule has 0 amide bonds. The van der Waals surface area contributed by atoms with Crippen LogP contribution in [0.4, 0.5) is 24.0 Å². The molecular formula is C13H10BrF3N2OS. The van der Waals surface area contributed by atoms with E-state index in [1.54, 1.807) is 5.38 Å². The van der Waals surface area contributed by atoms with Crippen LogP contribution in [0.2, 0.25) is 0 Å². The Morgan fingerprint density at radius 3 is 2.76 bits per heavy atom. The standard InChI is InChI=1S/C13H10BrF3N2OS/c1-7(20)4-9-6-21-12(19-9)18-8-2-3-11(14)10(5-8)13(15,16)17/h2-3,5-6H,4H2,1H3,(H,18,19). The Labute approximate surface area is 131 Å². The highest BCUT2D eigenvalue weighted by Crippen LogP contribution is 2.37. The summed E-state index contributed by atoms with van der Waals surface area (Å²) in [5, 5.41) is 4.96. The molecule has 0 saturated heterocycles. The molecule has 8 heteroatoms. The van der Waals surface area contributed by atoms with E-state index in [9.17, 15) is 18.0 Å². The van der Waals surface area contributed by atoms with Crippen molar-refractivity contribution in [3.05, 3.63) is 39.3 Å². The van der Waals surface area contributed by atoms with E-state index >= 15 is 0 Å². The van der Waals surface area contributed by atoms with Crippen molar-refractivity contribution in [2.24, 2.45) is 0 Å². The lowest BCUT2D eigenvalue weighted by Gasteiger charge is -2.11. The van der Waals surface area contributed by atoms with Crippen LogP contribution in [-0.2, 0) is 17.4 Å². The number of halogens is 4. The largest absolute Gasteiger partial charge is 0.417 e. The lowest BCUT2D eigenvalue weighted by molar-refractivity contribution is -0.138.